The molecule has 0 saturated heterocycles. The maximum atomic E-state index is 12.2. The number of benzene rings is 1. The quantitative estimate of drug-likeness (QED) is 0.841. The van der Waals surface area contributed by atoms with Crippen LogP contribution in [0.25, 0.3) is 0 Å². The second-order valence-electron chi connectivity index (χ2n) is 4.86. The maximum Gasteiger partial charge on any atom is 0.253 e. The van der Waals surface area contributed by atoms with Crippen molar-refractivity contribution in [1.29, 1.82) is 0 Å². The molecule has 1 saturated carbocycles. The van der Waals surface area contributed by atoms with Crippen molar-refractivity contribution < 1.29 is 4.79 Å². The van der Waals surface area contributed by atoms with Gasteiger partial charge in [0, 0.05) is 18.8 Å². The number of anilines is 1. The largest absolute Gasteiger partial charge is 0.387 e. The molecular formula is C14H20N2O. The minimum atomic E-state index is 0.0471. The summed E-state index contributed by atoms with van der Waals surface area (Å²) in [6.45, 7) is 4.05. The lowest BCUT2D eigenvalue weighted by Gasteiger charge is -2.27. The standard InChI is InChI=1S/C14H20N2O/c1-9-7-10(2)13(15-3)12(8-9)14(17)16-11-5-4-6-11/h7-8,11,15H,4-6H2,1-3H3,(H,16,17). The molecule has 2 rings (SSSR count). The van der Waals surface area contributed by atoms with Gasteiger partial charge in [0.25, 0.3) is 5.91 Å². The maximum absolute atomic E-state index is 12.2. The molecule has 0 atom stereocenters. The van der Waals surface area contributed by atoms with E-state index in [1.54, 1.807) is 0 Å². The Morgan fingerprint density at radius 3 is 2.53 bits per heavy atom. The molecule has 1 aromatic carbocycles. The summed E-state index contributed by atoms with van der Waals surface area (Å²) in [5.74, 6) is 0.0471. The predicted octanol–water partition coefficient (Wildman–Crippen LogP) is 2.63. The van der Waals surface area contributed by atoms with E-state index in [1.165, 1.54) is 6.42 Å². The molecule has 1 aliphatic rings. The summed E-state index contributed by atoms with van der Waals surface area (Å²) in [7, 11) is 1.86. The fraction of sp³-hybridized carbons (Fsp3) is 0.500. The average Bonchev–Trinajstić information content (AvgIpc) is 2.22. The normalized spacial score (nSPS) is 15.2. The number of amides is 1. The number of rotatable bonds is 3. The van der Waals surface area contributed by atoms with Crippen LogP contribution in [0.5, 0.6) is 0 Å². The third kappa shape index (κ3) is 2.43. The van der Waals surface area contributed by atoms with Crippen LogP contribution >= 0.6 is 0 Å². The molecule has 0 unspecified atom stereocenters. The first-order valence-corrected chi connectivity index (χ1v) is 6.21. The summed E-state index contributed by atoms with van der Waals surface area (Å²) < 4.78 is 0. The van der Waals surface area contributed by atoms with Gasteiger partial charge < -0.3 is 10.6 Å². The molecule has 1 amide bonds. The van der Waals surface area contributed by atoms with Crippen molar-refractivity contribution in [2.75, 3.05) is 12.4 Å². The lowest BCUT2D eigenvalue weighted by atomic mass is 9.92. The summed E-state index contributed by atoms with van der Waals surface area (Å²) in [5, 5.41) is 6.20. The second kappa shape index (κ2) is 4.78. The monoisotopic (exact) mass is 232 g/mol. The molecule has 0 heterocycles. The lowest BCUT2D eigenvalue weighted by Crippen LogP contribution is -2.39. The number of hydrogen-bond donors (Lipinski definition) is 2. The molecule has 0 bridgehead atoms. The topological polar surface area (TPSA) is 41.1 Å². The Balaban J connectivity index is 2.25. The highest BCUT2D eigenvalue weighted by Gasteiger charge is 2.21. The third-order valence-electron chi connectivity index (χ3n) is 3.41. The van der Waals surface area contributed by atoms with Crippen LogP contribution in [0.1, 0.15) is 40.7 Å². The van der Waals surface area contributed by atoms with Gasteiger partial charge in [-0.3, -0.25) is 4.79 Å². The second-order valence-corrected chi connectivity index (χ2v) is 4.86. The first-order valence-electron chi connectivity index (χ1n) is 6.21. The minimum absolute atomic E-state index is 0.0471. The van der Waals surface area contributed by atoms with E-state index in [0.717, 1.165) is 35.2 Å². The van der Waals surface area contributed by atoms with Crippen molar-refractivity contribution in [3.63, 3.8) is 0 Å². The van der Waals surface area contributed by atoms with Crippen LogP contribution in [0.15, 0.2) is 12.1 Å². The van der Waals surface area contributed by atoms with Crippen LogP contribution < -0.4 is 10.6 Å². The van der Waals surface area contributed by atoms with E-state index in [2.05, 4.69) is 16.7 Å². The highest BCUT2D eigenvalue weighted by molar-refractivity contribution is 6.00. The van der Waals surface area contributed by atoms with Crippen LogP contribution in [0, 0.1) is 13.8 Å². The van der Waals surface area contributed by atoms with Crippen molar-refractivity contribution in [2.24, 2.45) is 0 Å². The Kier molecular flexibility index (Phi) is 3.36. The Hall–Kier alpha value is -1.51. The Bertz CT molecular complexity index is 436. The fourth-order valence-electron chi connectivity index (χ4n) is 2.29. The van der Waals surface area contributed by atoms with Crippen LogP contribution in [-0.4, -0.2) is 19.0 Å². The van der Waals surface area contributed by atoms with E-state index in [4.69, 9.17) is 0 Å². The molecule has 1 fully saturated rings. The van der Waals surface area contributed by atoms with Gasteiger partial charge in [-0.25, -0.2) is 0 Å². The van der Waals surface area contributed by atoms with Gasteiger partial charge in [0.15, 0.2) is 0 Å². The van der Waals surface area contributed by atoms with Gasteiger partial charge >= 0.3 is 0 Å². The van der Waals surface area contributed by atoms with Crippen molar-refractivity contribution >= 4 is 11.6 Å². The molecule has 2 N–H and O–H groups in total. The Morgan fingerprint density at radius 1 is 1.29 bits per heavy atom. The van der Waals surface area contributed by atoms with Gasteiger partial charge in [-0.15, -0.1) is 0 Å². The summed E-state index contributed by atoms with van der Waals surface area (Å²) in [4.78, 5) is 12.2. The van der Waals surface area contributed by atoms with Crippen LogP contribution in [-0.2, 0) is 0 Å². The Morgan fingerprint density at radius 2 is 2.00 bits per heavy atom. The SMILES string of the molecule is CNc1c(C)cc(C)cc1C(=O)NC1CCC1. The minimum Gasteiger partial charge on any atom is -0.387 e. The molecule has 0 spiro atoms. The predicted molar refractivity (Wildman–Crippen MR) is 70.6 cm³/mol. The number of hydrogen-bond acceptors (Lipinski definition) is 2. The zero-order chi connectivity index (χ0) is 12.4. The first-order chi connectivity index (χ1) is 8.11. The van der Waals surface area contributed by atoms with E-state index in [0.29, 0.717) is 6.04 Å². The molecule has 1 aromatic rings. The van der Waals surface area contributed by atoms with Gasteiger partial charge in [0.1, 0.15) is 0 Å². The smallest absolute Gasteiger partial charge is 0.253 e. The zero-order valence-electron chi connectivity index (χ0n) is 10.8. The van der Waals surface area contributed by atoms with E-state index in [-0.39, 0.29) is 5.91 Å². The first kappa shape index (κ1) is 12.0. The van der Waals surface area contributed by atoms with Crippen molar-refractivity contribution in [1.82, 2.24) is 5.32 Å². The van der Waals surface area contributed by atoms with Crippen molar-refractivity contribution in [3.8, 4) is 0 Å². The molecule has 0 aliphatic heterocycles. The highest BCUT2D eigenvalue weighted by atomic mass is 16.1. The van der Waals surface area contributed by atoms with Gasteiger partial charge in [-0.2, -0.15) is 0 Å². The molecule has 3 heteroatoms. The van der Waals surface area contributed by atoms with Crippen molar-refractivity contribution in [3.05, 3.63) is 28.8 Å². The fourth-order valence-corrected chi connectivity index (χ4v) is 2.29. The molecule has 3 nitrogen and oxygen atoms in total. The van der Waals surface area contributed by atoms with Gasteiger partial charge in [0.2, 0.25) is 0 Å². The molecule has 17 heavy (non-hydrogen) atoms. The van der Waals surface area contributed by atoms with Gasteiger partial charge in [-0.05, 0) is 50.3 Å². The molecule has 92 valence electrons. The van der Waals surface area contributed by atoms with E-state index >= 15 is 0 Å². The van der Waals surface area contributed by atoms with E-state index in [1.807, 2.05) is 27.0 Å². The lowest BCUT2D eigenvalue weighted by molar-refractivity contribution is 0.0917. The van der Waals surface area contributed by atoms with Crippen LogP contribution in [0.2, 0.25) is 0 Å². The summed E-state index contributed by atoms with van der Waals surface area (Å²) in [5.41, 5.74) is 3.94. The van der Waals surface area contributed by atoms with Gasteiger partial charge in [0.05, 0.1) is 5.56 Å². The zero-order valence-corrected chi connectivity index (χ0v) is 10.8. The van der Waals surface area contributed by atoms with Crippen LogP contribution in [0.4, 0.5) is 5.69 Å². The van der Waals surface area contributed by atoms with E-state index < -0.39 is 0 Å². The molecular weight excluding hydrogens is 212 g/mol. The summed E-state index contributed by atoms with van der Waals surface area (Å²) in [6, 6.07) is 4.42. The Labute approximate surface area is 103 Å². The van der Waals surface area contributed by atoms with Gasteiger partial charge in [-0.1, -0.05) is 6.07 Å². The number of carbonyl (C=O) groups excluding carboxylic acids is 1. The number of aryl methyl sites for hydroxylation is 2. The van der Waals surface area contributed by atoms with Crippen molar-refractivity contribution in [2.45, 2.75) is 39.2 Å². The number of nitrogens with one attached hydrogen (secondary N) is 2. The highest BCUT2D eigenvalue weighted by Crippen LogP contribution is 2.24. The average molecular weight is 232 g/mol. The third-order valence-corrected chi connectivity index (χ3v) is 3.41. The summed E-state index contributed by atoms with van der Waals surface area (Å²) in [6.07, 6.45) is 3.47. The van der Waals surface area contributed by atoms with E-state index in [9.17, 15) is 4.79 Å². The molecule has 0 aromatic heterocycles. The molecule has 0 radical (unpaired) electrons. The summed E-state index contributed by atoms with van der Waals surface area (Å²) >= 11 is 0. The van der Waals surface area contributed by atoms with Crippen LogP contribution in [0.3, 0.4) is 0 Å². The molecule has 1 aliphatic carbocycles. The number of carbonyl (C=O) groups is 1.